The lowest BCUT2D eigenvalue weighted by atomic mass is 10.1. The van der Waals surface area contributed by atoms with Gasteiger partial charge < -0.3 is 21.7 Å². The molecule has 0 spiro atoms. The van der Waals surface area contributed by atoms with Crippen LogP contribution in [-0.4, -0.2) is 39.5 Å². The van der Waals surface area contributed by atoms with Gasteiger partial charge in [0.15, 0.2) is 0 Å². The van der Waals surface area contributed by atoms with Crippen molar-refractivity contribution >= 4 is 52.4 Å². The predicted octanol–water partition coefficient (Wildman–Crippen LogP) is 3.51. The Labute approximate surface area is 206 Å². The van der Waals surface area contributed by atoms with E-state index in [9.17, 15) is 9.59 Å². The van der Waals surface area contributed by atoms with E-state index in [1.807, 2.05) is 6.07 Å². The number of nitrogens with zero attached hydrogens (tertiary/aromatic N) is 3. The maximum absolute atomic E-state index is 12.5. The van der Waals surface area contributed by atoms with E-state index in [4.69, 9.17) is 22.7 Å². The van der Waals surface area contributed by atoms with Crippen LogP contribution in [0.25, 0.3) is 11.3 Å². The number of hydrogen-bond donors (Lipinski definition) is 5. The van der Waals surface area contributed by atoms with E-state index in [1.54, 1.807) is 56.4 Å². The van der Waals surface area contributed by atoms with Gasteiger partial charge >= 0.3 is 0 Å². The molecule has 2 amide bonds. The molecule has 0 bridgehead atoms. The van der Waals surface area contributed by atoms with Crippen LogP contribution in [0.2, 0.25) is 5.02 Å². The highest BCUT2D eigenvalue weighted by Crippen LogP contribution is 2.34. The molecule has 0 saturated heterocycles. The maximum atomic E-state index is 12.5. The van der Waals surface area contributed by atoms with Gasteiger partial charge in [0.05, 0.1) is 29.7 Å². The van der Waals surface area contributed by atoms with Gasteiger partial charge in [0.2, 0.25) is 11.9 Å². The van der Waals surface area contributed by atoms with E-state index >= 15 is 0 Å². The SMILES string of the molecule is CC(N)=NC(=N)C(C)NC(=O)c1ccc(Nc2ncc3c(n2)-c2ccc(Cl)cc2NC(=O)C3)cc1. The molecule has 178 valence electrons. The normalized spacial score (nSPS) is 13.6. The summed E-state index contributed by atoms with van der Waals surface area (Å²) < 4.78 is 0. The summed E-state index contributed by atoms with van der Waals surface area (Å²) in [5.74, 6) is 0.0555. The van der Waals surface area contributed by atoms with Gasteiger partial charge in [-0.25, -0.2) is 15.0 Å². The van der Waals surface area contributed by atoms with Crippen molar-refractivity contribution in [3.63, 3.8) is 0 Å². The maximum Gasteiger partial charge on any atom is 0.251 e. The monoisotopic (exact) mass is 490 g/mol. The van der Waals surface area contributed by atoms with Gasteiger partial charge in [-0.05, 0) is 56.3 Å². The van der Waals surface area contributed by atoms with E-state index in [-0.39, 0.29) is 29.9 Å². The molecular formula is C24H23ClN8O2. The Morgan fingerprint density at radius 3 is 2.71 bits per heavy atom. The number of carbonyl (C=O) groups excluding carboxylic acids is 2. The Morgan fingerprint density at radius 2 is 2.00 bits per heavy atom. The molecule has 1 unspecified atom stereocenters. The van der Waals surface area contributed by atoms with Gasteiger partial charge in [0, 0.05) is 33.6 Å². The number of amidine groups is 2. The first-order chi connectivity index (χ1) is 16.7. The quantitative estimate of drug-likeness (QED) is 0.272. The molecule has 4 rings (SSSR count). The fourth-order valence-corrected chi connectivity index (χ4v) is 3.66. The average Bonchev–Trinajstić information content (AvgIpc) is 2.93. The zero-order valence-corrected chi connectivity index (χ0v) is 19.8. The van der Waals surface area contributed by atoms with E-state index in [0.717, 1.165) is 5.56 Å². The number of benzene rings is 2. The first-order valence-electron chi connectivity index (χ1n) is 10.7. The van der Waals surface area contributed by atoms with Crippen LogP contribution in [-0.2, 0) is 11.2 Å². The Morgan fingerprint density at radius 1 is 1.26 bits per heavy atom. The molecule has 0 aliphatic carbocycles. The lowest BCUT2D eigenvalue weighted by Crippen LogP contribution is -2.38. The first kappa shape index (κ1) is 23.8. The zero-order valence-electron chi connectivity index (χ0n) is 19.0. The molecule has 1 aliphatic rings. The third kappa shape index (κ3) is 5.61. The molecule has 1 aliphatic heterocycles. The minimum Gasteiger partial charge on any atom is -0.387 e. The average molecular weight is 491 g/mol. The molecule has 6 N–H and O–H groups in total. The van der Waals surface area contributed by atoms with Crippen molar-refractivity contribution < 1.29 is 9.59 Å². The fourth-order valence-electron chi connectivity index (χ4n) is 3.49. The summed E-state index contributed by atoms with van der Waals surface area (Å²) in [5, 5.41) is 17.0. The van der Waals surface area contributed by atoms with Crippen molar-refractivity contribution in [1.29, 1.82) is 5.41 Å². The molecule has 1 atom stereocenters. The molecule has 11 heteroatoms. The Bertz CT molecular complexity index is 1350. The molecule has 0 fully saturated rings. The summed E-state index contributed by atoms with van der Waals surface area (Å²) in [5.41, 5.74) is 9.26. The molecule has 0 radical (unpaired) electrons. The molecule has 2 heterocycles. The lowest BCUT2D eigenvalue weighted by Gasteiger charge is -2.13. The number of nitrogens with two attached hydrogens (primary N) is 1. The number of aromatic nitrogens is 2. The fraction of sp³-hybridized carbons (Fsp3) is 0.167. The summed E-state index contributed by atoms with van der Waals surface area (Å²) in [6.45, 7) is 3.24. The molecule has 10 nitrogen and oxygen atoms in total. The van der Waals surface area contributed by atoms with Gasteiger partial charge in [-0.2, -0.15) is 0 Å². The number of carbonyl (C=O) groups is 2. The lowest BCUT2D eigenvalue weighted by molar-refractivity contribution is -0.115. The van der Waals surface area contributed by atoms with Crippen molar-refractivity contribution in [2.24, 2.45) is 10.7 Å². The number of rotatable bonds is 5. The Balaban J connectivity index is 1.51. The number of amides is 2. The number of hydrogen-bond acceptors (Lipinski definition) is 6. The first-order valence-corrected chi connectivity index (χ1v) is 11.1. The van der Waals surface area contributed by atoms with Crippen molar-refractivity contribution in [1.82, 2.24) is 15.3 Å². The highest BCUT2D eigenvalue weighted by Gasteiger charge is 2.21. The molecular weight excluding hydrogens is 468 g/mol. The summed E-state index contributed by atoms with van der Waals surface area (Å²) in [6, 6.07) is 11.4. The zero-order chi connectivity index (χ0) is 25.1. The third-order valence-corrected chi connectivity index (χ3v) is 5.42. The van der Waals surface area contributed by atoms with E-state index in [2.05, 4.69) is 30.9 Å². The van der Waals surface area contributed by atoms with Crippen LogP contribution in [0.1, 0.15) is 29.8 Å². The van der Waals surface area contributed by atoms with Gasteiger partial charge in [-0.1, -0.05) is 11.6 Å². The summed E-state index contributed by atoms with van der Waals surface area (Å²) >= 11 is 6.10. The number of nitrogens with one attached hydrogen (secondary N) is 4. The van der Waals surface area contributed by atoms with Crippen molar-refractivity contribution in [3.05, 3.63) is 64.8 Å². The van der Waals surface area contributed by atoms with Crippen LogP contribution in [0.3, 0.4) is 0 Å². The molecule has 0 saturated carbocycles. The number of fused-ring (bicyclic) bond motifs is 3. The Kier molecular flexibility index (Phi) is 6.74. The minimum absolute atomic E-state index is 0.0299. The van der Waals surface area contributed by atoms with E-state index < -0.39 is 6.04 Å². The third-order valence-electron chi connectivity index (χ3n) is 5.18. The highest BCUT2D eigenvalue weighted by atomic mass is 35.5. The van der Waals surface area contributed by atoms with E-state index in [0.29, 0.717) is 39.2 Å². The van der Waals surface area contributed by atoms with Crippen LogP contribution in [0, 0.1) is 5.41 Å². The van der Waals surface area contributed by atoms with Crippen LogP contribution < -0.4 is 21.7 Å². The van der Waals surface area contributed by atoms with E-state index in [1.165, 1.54) is 0 Å². The van der Waals surface area contributed by atoms with Gasteiger partial charge in [0.1, 0.15) is 5.84 Å². The van der Waals surface area contributed by atoms with Gasteiger partial charge in [0.25, 0.3) is 5.91 Å². The second-order valence-electron chi connectivity index (χ2n) is 8.02. The summed E-state index contributed by atoms with van der Waals surface area (Å²) in [6.07, 6.45) is 1.77. The standard InChI is InChI=1S/C24H23ClN8O2/c1-12(22(27)30-13(2)26)29-23(35)14-3-6-17(7-4-14)31-24-28-11-15-9-20(34)32-19-10-16(25)5-8-18(19)21(15)33-24/h3-8,10-12H,9H2,1-2H3,(H,29,35)(H,32,34)(H3,26,27,30)(H,28,31,33). The Hall–Kier alpha value is -4.31. The smallest absolute Gasteiger partial charge is 0.251 e. The molecule has 35 heavy (non-hydrogen) atoms. The summed E-state index contributed by atoms with van der Waals surface area (Å²) in [4.78, 5) is 37.6. The van der Waals surface area contributed by atoms with Crippen molar-refractivity contribution in [3.8, 4) is 11.3 Å². The topological polar surface area (TPSA) is 158 Å². The van der Waals surface area contributed by atoms with Crippen molar-refractivity contribution in [2.45, 2.75) is 26.3 Å². The second-order valence-corrected chi connectivity index (χ2v) is 8.45. The summed E-state index contributed by atoms with van der Waals surface area (Å²) in [7, 11) is 0. The molecule has 2 aromatic carbocycles. The number of aliphatic imine (C=N–C) groups is 1. The van der Waals surface area contributed by atoms with Crippen LogP contribution >= 0.6 is 11.6 Å². The van der Waals surface area contributed by atoms with Crippen LogP contribution in [0.15, 0.2) is 53.7 Å². The van der Waals surface area contributed by atoms with Gasteiger partial charge in [-0.15, -0.1) is 0 Å². The van der Waals surface area contributed by atoms with Crippen molar-refractivity contribution in [2.75, 3.05) is 10.6 Å². The van der Waals surface area contributed by atoms with Gasteiger partial charge in [-0.3, -0.25) is 15.0 Å². The number of anilines is 3. The second kappa shape index (κ2) is 9.90. The molecule has 1 aromatic heterocycles. The number of halogens is 1. The van der Waals surface area contributed by atoms with Crippen LogP contribution in [0.4, 0.5) is 17.3 Å². The highest BCUT2D eigenvalue weighted by molar-refractivity contribution is 6.31. The largest absolute Gasteiger partial charge is 0.387 e. The molecule has 3 aromatic rings. The minimum atomic E-state index is -0.592. The van der Waals surface area contributed by atoms with Crippen LogP contribution in [0.5, 0.6) is 0 Å². The predicted molar refractivity (Wildman–Crippen MR) is 136 cm³/mol.